The molecule has 0 aliphatic heterocycles. The minimum atomic E-state index is -0.638. The molecule has 0 saturated heterocycles. The molecular formula is C7H10Br4O3. The van der Waals surface area contributed by atoms with E-state index in [1.807, 2.05) is 0 Å². The molecule has 0 aliphatic carbocycles. The number of carbonyl (C=O) groups is 1. The number of alkyl halides is 4. The van der Waals surface area contributed by atoms with Crippen molar-refractivity contribution in [3.8, 4) is 0 Å². The number of halogens is 4. The van der Waals surface area contributed by atoms with E-state index in [-0.39, 0.29) is 9.65 Å². The van der Waals surface area contributed by atoms with Gasteiger partial charge in [-0.2, -0.15) is 0 Å². The molecule has 0 spiro atoms. The lowest BCUT2D eigenvalue weighted by Crippen LogP contribution is -2.19. The predicted molar refractivity (Wildman–Crippen MR) is 70.3 cm³/mol. The van der Waals surface area contributed by atoms with Gasteiger partial charge in [0, 0.05) is 10.7 Å². The van der Waals surface area contributed by atoms with E-state index in [1.54, 1.807) is 0 Å². The largest absolute Gasteiger partial charge is 0.508 e. The number of hydrogen-bond donors (Lipinski definition) is 0. The maximum absolute atomic E-state index is 11.0. The van der Waals surface area contributed by atoms with Gasteiger partial charge >= 0.3 is 6.16 Å². The molecule has 0 saturated carbocycles. The average Bonchev–Trinajstić information content (AvgIpc) is 2.22. The van der Waals surface area contributed by atoms with E-state index in [9.17, 15) is 4.79 Å². The van der Waals surface area contributed by atoms with E-state index in [4.69, 9.17) is 9.47 Å². The predicted octanol–water partition coefficient (Wildman–Crippen LogP) is 3.46. The van der Waals surface area contributed by atoms with E-state index in [0.29, 0.717) is 13.2 Å². The van der Waals surface area contributed by atoms with Gasteiger partial charge in [0.25, 0.3) is 0 Å². The molecule has 0 radical (unpaired) electrons. The summed E-state index contributed by atoms with van der Waals surface area (Å²) in [5.74, 6) is 0. The third-order valence-corrected chi connectivity index (χ3v) is 5.58. The van der Waals surface area contributed by atoms with Gasteiger partial charge in [-0.15, -0.1) is 0 Å². The lowest BCUT2D eigenvalue weighted by Gasteiger charge is -2.09. The lowest BCUT2D eigenvalue weighted by molar-refractivity contribution is 0.0583. The fourth-order valence-corrected chi connectivity index (χ4v) is 1.09. The first-order valence-corrected chi connectivity index (χ1v) is 7.87. The van der Waals surface area contributed by atoms with Crippen LogP contribution in [0, 0.1) is 0 Å². The van der Waals surface area contributed by atoms with E-state index in [0.717, 1.165) is 10.7 Å². The van der Waals surface area contributed by atoms with Crippen LogP contribution in [0.3, 0.4) is 0 Å². The molecule has 0 aromatic heterocycles. The molecule has 0 aromatic carbocycles. The van der Waals surface area contributed by atoms with Crippen molar-refractivity contribution in [1.82, 2.24) is 0 Å². The highest BCUT2D eigenvalue weighted by atomic mass is 79.9. The molecule has 3 nitrogen and oxygen atoms in total. The van der Waals surface area contributed by atoms with Gasteiger partial charge in [0.1, 0.15) is 13.2 Å². The molecule has 2 unspecified atom stereocenters. The molecule has 0 rings (SSSR count). The Kier molecular flexibility index (Phi) is 10.2. The molecule has 0 heterocycles. The summed E-state index contributed by atoms with van der Waals surface area (Å²) in [5, 5.41) is 1.45. The van der Waals surface area contributed by atoms with Crippen molar-refractivity contribution < 1.29 is 14.3 Å². The van der Waals surface area contributed by atoms with Crippen LogP contribution in [-0.4, -0.2) is 39.7 Å². The Balaban J connectivity index is 3.46. The van der Waals surface area contributed by atoms with Gasteiger partial charge in [-0.05, 0) is 0 Å². The van der Waals surface area contributed by atoms with Crippen molar-refractivity contribution in [3.63, 3.8) is 0 Å². The normalized spacial score (nSPS) is 14.6. The summed E-state index contributed by atoms with van der Waals surface area (Å²) >= 11 is 13.1. The zero-order chi connectivity index (χ0) is 11.0. The van der Waals surface area contributed by atoms with Crippen molar-refractivity contribution in [2.45, 2.75) is 9.65 Å². The van der Waals surface area contributed by atoms with Gasteiger partial charge in [-0.1, -0.05) is 63.7 Å². The molecule has 0 N–H and O–H groups in total. The smallest absolute Gasteiger partial charge is 0.433 e. The first-order valence-electron chi connectivity index (χ1n) is 3.79. The minimum Gasteiger partial charge on any atom is -0.433 e. The molecule has 84 valence electrons. The van der Waals surface area contributed by atoms with Gasteiger partial charge in [-0.25, -0.2) is 4.79 Å². The Bertz CT molecular complexity index is 151. The van der Waals surface area contributed by atoms with Crippen LogP contribution >= 0.6 is 63.7 Å². The molecule has 2 atom stereocenters. The zero-order valence-electron chi connectivity index (χ0n) is 7.22. The summed E-state index contributed by atoms with van der Waals surface area (Å²) in [6.07, 6.45) is -0.638. The molecule has 0 bridgehead atoms. The summed E-state index contributed by atoms with van der Waals surface area (Å²) in [5.41, 5.74) is 0. The van der Waals surface area contributed by atoms with Crippen LogP contribution < -0.4 is 0 Å². The Morgan fingerprint density at radius 2 is 1.36 bits per heavy atom. The fourth-order valence-electron chi connectivity index (χ4n) is 0.448. The first-order chi connectivity index (χ1) is 6.60. The second kappa shape index (κ2) is 9.42. The van der Waals surface area contributed by atoms with Crippen LogP contribution in [0.5, 0.6) is 0 Å². The van der Waals surface area contributed by atoms with Gasteiger partial charge in [0.2, 0.25) is 0 Å². The third-order valence-electron chi connectivity index (χ3n) is 1.10. The molecule has 0 aliphatic rings. The maximum atomic E-state index is 11.0. The zero-order valence-corrected chi connectivity index (χ0v) is 13.6. The van der Waals surface area contributed by atoms with Crippen LogP contribution in [-0.2, 0) is 9.47 Å². The van der Waals surface area contributed by atoms with Crippen LogP contribution in [0.2, 0.25) is 0 Å². The molecule has 14 heavy (non-hydrogen) atoms. The fraction of sp³-hybridized carbons (Fsp3) is 0.857. The highest BCUT2D eigenvalue weighted by Gasteiger charge is 2.10. The average molecular weight is 462 g/mol. The Morgan fingerprint density at radius 1 is 1.00 bits per heavy atom. The Morgan fingerprint density at radius 3 is 1.64 bits per heavy atom. The van der Waals surface area contributed by atoms with Crippen LogP contribution in [0.4, 0.5) is 4.79 Å². The van der Waals surface area contributed by atoms with Gasteiger partial charge in [0.05, 0.1) is 9.65 Å². The maximum Gasteiger partial charge on any atom is 0.508 e. The van der Waals surface area contributed by atoms with Crippen LogP contribution in [0.15, 0.2) is 0 Å². The SMILES string of the molecule is O=C(OCC(Br)CBr)OCC(Br)CBr. The van der Waals surface area contributed by atoms with E-state index >= 15 is 0 Å². The number of carbonyl (C=O) groups excluding carboxylic acids is 1. The molecule has 7 heteroatoms. The third kappa shape index (κ3) is 8.49. The first kappa shape index (κ1) is 15.2. The second-order valence-electron chi connectivity index (χ2n) is 2.38. The number of hydrogen-bond acceptors (Lipinski definition) is 3. The second-order valence-corrected chi connectivity index (χ2v) is 6.26. The quantitative estimate of drug-likeness (QED) is 0.449. The molecule has 0 fully saturated rings. The standard InChI is InChI=1S/C7H10Br4O3/c8-1-5(10)3-13-7(12)14-4-6(11)2-9/h5-6H,1-4H2. The van der Waals surface area contributed by atoms with Crippen molar-refractivity contribution in [2.75, 3.05) is 23.9 Å². The van der Waals surface area contributed by atoms with Crippen molar-refractivity contribution >= 4 is 69.9 Å². The topological polar surface area (TPSA) is 35.5 Å². The van der Waals surface area contributed by atoms with E-state index < -0.39 is 6.16 Å². The minimum absolute atomic E-state index is 0.117. The van der Waals surface area contributed by atoms with E-state index in [1.165, 1.54) is 0 Å². The summed E-state index contributed by atoms with van der Waals surface area (Å²) in [6.45, 7) is 0.594. The summed E-state index contributed by atoms with van der Waals surface area (Å²) in [6, 6.07) is 0. The van der Waals surface area contributed by atoms with Crippen molar-refractivity contribution in [2.24, 2.45) is 0 Å². The number of ether oxygens (including phenoxy) is 2. The van der Waals surface area contributed by atoms with Crippen LogP contribution in [0.1, 0.15) is 0 Å². The summed E-state index contributed by atoms with van der Waals surface area (Å²) in [4.78, 5) is 11.2. The summed E-state index contributed by atoms with van der Waals surface area (Å²) < 4.78 is 9.63. The van der Waals surface area contributed by atoms with Crippen molar-refractivity contribution in [1.29, 1.82) is 0 Å². The number of rotatable bonds is 6. The lowest BCUT2D eigenvalue weighted by atomic mass is 10.5. The van der Waals surface area contributed by atoms with E-state index in [2.05, 4.69) is 63.7 Å². The Hall–Kier alpha value is 1.19. The van der Waals surface area contributed by atoms with Crippen molar-refractivity contribution in [3.05, 3.63) is 0 Å². The molecular weight excluding hydrogens is 452 g/mol. The highest BCUT2D eigenvalue weighted by Crippen LogP contribution is 2.06. The van der Waals surface area contributed by atoms with Gasteiger partial charge in [0.15, 0.2) is 0 Å². The summed E-state index contributed by atoms with van der Waals surface area (Å²) in [7, 11) is 0. The van der Waals surface area contributed by atoms with Crippen LogP contribution in [0.25, 0.3) is 0 Å². The Labute approximate surface area is 117 Å². The van der Waals surface area contributed by atoms with Gasteiger partial charge in [-0.3, -0.25) is 0 Å². The highest BCUT2D eigenvalue weighted by molar-refractivity contribution is 9.12. The molecule has 0 amide bonds. The monoisotopic (exact) mass is 458 g/mol. The van der Waals surface area contributed by atoms with Gasteiger partial charge < -0.3 is 9.47 Å². The molecule has 0 aromatic rings.